The van der Waals surface area contributed by atoms with Crippen molar-refractivity contribution in [2.75, 3.05) is 0 Å². The summed E-state index contributed by atoms with van der Waals surface area (Å²) in [6.07, 6.45) is 5.76. The van der Waals surface area contributed by atoms with Crippen molar-refractivity contribution in [3.05, 3.63) is 58.7 Å². The minimum absolute atomic E-state index is 0.0187. The number of aryl methyl sites for hydroxylation is 1. The zero-order valence-corrected chi connectivity index (χ0v) is 26.4. The van der Waals surface area contributed by atoms with Gasteiger partial charge in [-0.3, -0.25) is 24.0 Å². The summed E-state index contributed by atoms with van der Waals surface area (Å²) in [4.78, 5) is 63.8. The minimum atomic E-state index is -0.262. The van der Waals surface area contributed by atoms with Crippen LogP contribution in [0.2, 0.25) is 0 Å². The first kappa shape index (κ1) is 33.3. The maximum atomic E-state index is 13.6. The van der Waals surface area contributed by atoms with Crippen molar-refractivity contribution in [2.24, 2.45) is 23.7 Å². The largest absolute Gasteiger partial charge is 0.300 e. The van der Waals surface area contributed by atoms with Gasteiger partial charge in [-0.15, -0.1) is 0 Å². The number of carbonyl (C=O) groups excluding carboxylic acids is 5. The van der Waals surface area contributed by atoms with Crippen molar-refractivity contribution in [3.63, 3.8) is 0 Å². The van der Waals surface area contributed by atoms with Gasteiger partial charge in [0.25, 0.3) is 0 Å². The predicted octanol–water partition coefficient (Wildman–Crippen LogP) is 8.37. The summed E-state index contributed by atoms with van der Waals surface area (Å²) in [5.74, 6) is -0.0474. The van der Waals surface area contributed by atoms with Gasteiger partial charge in [0, 0.05) is 42.2 Å². The second-order valence-electron chi connectivity index (χ2n) is 12.3. The molecule has 1 aliphatic carbocycles. The second-order valence-corrected chi connectivity index (χ2v) is 12.3. The number of benzene rings is 2. The average Bonchev–Trinajstić information content (AvgIpc) is 2.95. The van der Waals surface area contributed by atoms with Gasteiger partial charge >= 0.3 is 0 Å². The highest BCUT2D eigenvalue weighted by molar-refractivity contribution is 6.03. The maximum absolute atomic E-state index is 13.6. The van der Waals surface area contributed by atoms with E-state index in [1.54, 1.807) is 0 Å². The Morgan fingerprint density at radius 2 is 1.67 bits per heavy atom. The molecule has 2 aromatic rings. The van der Waals surface area contributed by atoms with Crippen molar-refractivity contribution < 1.29 is 24.0 Å². The van der Waals surface area contributed by atoms with Crippen molar-refractivity contribution in [3.8, 4) is 11.1 Å². The second kappa shape index (κ2) is 15.3. The Labute approximate surface area is 251 Å². The fourth-order valence-electron chi connectivity index (χ4n) is 6.99. The summed E-state index contributed by atoms with van der Waals surface area (Å²) in [5, 5.41) is 0. The van der Waals surface area contributed by atoms with Gasteiger partial charge in [0.2, 0.25) is 0 Å². The normalized spacial score (nSPS) is 16.8. The molecule has 42 heavy (non-hydrogen) atoms. The summed E-state index contributed by atoms with van der Waals surface area (Å²) < 4.78 is 0. The molecule has 0 aromatic heterocycles. The van der Waals surface area contributed by atoms with E-state index < -0.39 is 0 Å². The molecule has 2 aromatic carbocycles. The van der Waals surface area contributed by atoms with Crippen molar-refractivity contribution in [2.45, 2.75) is 106 Å². The third kappa shape index (κ3) is 7.99. The van der Waals surface area contributed by atoms with Crippen molar-refractivity contribution in [1.29, 1.82) is 0 Å². The molecule has 0 aliphatic heterocycles. The molecular formula is C37H48O5. The number of hydrogen-bond donors (Lipinski definition) is 0. The molecule has 0 saturated carbocycles. The summed E-state index contributed by atoms with van der Waals surface area (Å²) >= 11 is 0. The van der Waals surface area contributed by atoms with Gasteiger partial charge in [-0.2, -0.15) is 0 Å². The molecule has 4 unspecified atom stereocenters. The lowest BCUT2D eigenvalue weighted by molar-refractivity contribution is -0.130. The molecular weight excluding hydrogens is 524 g/mol. The lowest BCUT2D eigenvalue weighted by Gasteiger charge is -2.32. The van der Waals surface area contributed by atoms with Gasteiger partial charge in [0.05, 0.1) is 6.42 Å². The van der Waals surface area contributed by atoms with E-state index in [1.807, 2.05) is 58.0 Å². The highest BCUT2D eigenvalue weighted by Gasteiger charge is 2.34. The first-order valence-corrected chi connectivity index (χ1v) is 15.9. The van der Waals surface area contributed by atoms with Crippen LogP contribution in [0.25, 0.3) is 11.1 Å². The molecule has 4 atom stereocenters. The summed E-state index contributed by atoms with van der Waals surface area (Å²) in [5.41, 5.74) is 5.21. The van der Waals surface area contributed by atoms with Crippen LogP contribution in [0, 0.1) is 30.6 Å². The molecule has 3 rings (SSSR count). The van der Waals surface area contributed by atoms with Gasteiger partial charge in [0.1, 0.15) is 17.3 Å². The summed E-state index contributed by atoms with van der Waals surface area (Å²) in [7, 11) is 0. The number of rotatable bonds is 16. The van der Waals surface area contributed by atoms with Gasteiger partial charge in [-0.25, -0.2) is 0 Å². The standard InChI is InChI=1S/C37H48O5/c1-7-12-27(30(9-3)35(41)17-24(6)38)18-25-19-32-31(16-15-23(5)37(32)36(42)20-25)28-13-11-14-29(21-28)34(40)22-26(8-2)33(39)10-4/h11,13-16,21,25-27,30H,7-10,12,17-20,22H2,1-6H3. The van der Waals surface area contributed by atoms with E-state index in [4.69, 9.17) is 0 Å². The monoisotopic (exact) mass is 572 g/mol. The fraction of sp³-hybridized carbons (Fsp3) is 0.541. The maximum Gasteiger partial charge on any atom is 0.163 e. The highest BCUT2D eigenvalue weighted by atomic mass is 16.2. The van der Waals surface area contributed by atoms with Crippen LogP contribution in [-0.2, 0) is 20.8 Å². The molecule has 5 nitrogen and oxygen atoms in total. The molecule has 0 N–H and O–H groups in total. The third-order valence-electron chi connectivity index (χ3n) is 9.13. The van der Waals surface area contributed by atoms with E-state index >= 15 is 0 Å². The first-order chi connectivity index (χ1) is 20.0. The quantitative estimate of drug-likeness (QED) is 0.149. The van der Waals surface area contributed by atoms with E-state index in [9.17, 15) is 24.0 Å². The molecule has 0 spiro atoms. The number of ketones is 5. The highest BCUT2D eigenvalue weighted by Crippen LogP contribution is 2.40. The first-order valence-electron chi connectivity index (χ1n) is 15.9. The van der Waals surface area contributed by atoms with Crippen molar-refractivity contribution >= 4 is 28.9 Å². The van der Waals surface area contributed by atoms with Gasteiger partial charge < -0.3 is 0 Å². The van der Waals surface area contributed by atoms with Gasteiger partial charge in [0.15, 0.2) is 11.6 Å². The molecule has 0 bridgehead atoms. The number of Topliss-reactive ketones (excluding diaryl/α,β-unsaturated/α-hetero) is 5. The average molecular weight is 573 g/mol. The lowest BCUT2D eigenvalue weighted by Crippen LogP contribution is -2.30. The predicted molar refractivity (Wildman–Crippen MR) is 168 cm³/mol. The summed E-state index contributed by atoms with van der Waals surface area (Å²) in [6.45, 7) is 11.4. The summed E-state index contributed by atoms with van der Waals surface area (Å²) in [6, 6.07) is 11.6. The Kier molecular flexibility index (Phi) is 12.1. The van der Waals surface area contributed by atoms with Gasteiger partial charge in [-0.1, -0.05) is 70.9 Å². The van der Waals surface area contributed by atoms with E-state index in [1.165, 1.54) is 6.92 Å². The van der Waals surface area contributed by atoms with E-state index in [2.05, 4.69) is 13.0 Å². The zero-order chi connectivity index (χ0) is 31.0. The zero-order valence-electron chi connectivity index (χ0n) is 26.4. The fourth-order valence-corrected chi connectivity index (χ4v) is 6.99. The van der Waals surface area contributed by atoms with Gasteiger partial charge in [-0.05, 0) is 79.7 Å². The molecule has 0 fully saturated rings. The molecule has 226 valence electrons. The Bertz CT molecular complexity index is 1320. The minimum Gasteiger partial charge on any atom is -0.300 e. The molecule has 0 heterocycles. The van der Waals surface area contributed by atoms with Crippen LogP contribution in [-0.4, -0.2) is 28.9 Å². The van der Waals surface area contributed by atoms with E-state index in [0.717, 1.165) is 53.5 Å². The Hall–Kier alpha value is -3.21. The van der Waals surface area contributed by atoms with Crippen LogP contribution in [0.15, 0.2) is 36.4 Å². The topological polar surface area (TPSA) is 85.3 Å². The number of fused-ring (bicyclic) bond motifs is 1. The Morgan fingerprint density at radius 3 is 2.29 bits per heavy atom. The Morgan fingerprint density at radius 1 is 0.929 bits per heavy atom. The number of carbonyl (C=O) groups is 5. The molecule has 0 radical (unpaired) electrons. The van der Waals surface area contributed by atoms with Crippen LogP contribution in [0.3, 0.4) is 0 Å². The Balaban J connectivity index is 1.94. The SMILES string of the molecule is CCCC(CC1CC(=O)c2c(C)ccc(-c3cccc(C(=O)CC(CC)C(=O)CC)c3)c2C1)C(CC)C(=O)CC(C)=O. The number of hydrogen-bond acceptors (Lipinski definition) is 5. The van der Waals surface area contributed by atoms with E-state index in [-0.39, 0.29) is 65.4 Å². The third-order valence-corrected chi connectivity index (χ3v) is 9.13. The van der Waals surface area contributed by atoms with Crippen LogP contribution in [0.1, 0.15) is 124 Å². The molecule has 0 amide bonds. The molecule has 0 saturated heterocycles. The van der Waals surface area contributed by atoms with Crippen LogP contribution in [0.5, 0.6) is 0 Å². The van der Waals surface area contributed by atoms with Crippen LogP contribution < -0.4 is 0 Å². The molecule has 5 heteroatoms. The smallest absolute Gasteiger partial charge is 0.163 e. The van der Waals surface area contributed by atoms with Crippen LogP contribution in [0.4, 0.5) is 0 Å². The lowest BCUT2D eigenvalue weighted by atomic mass is 9.71. The van der Waals surface area contributed by atoms with Crippen LogP contribution >= 0.6 is 0 Å². The van der Waals surface area contributed by atoms with Crippen molar-refractivity contribution in [1.82, 2.24) is 0 Å². The van der Waals surface area contributed by atoms with E-state index in [0.29, 0.717) is 31.2 Å². The molecule has 1 aliphatic rings.